The van der Waals surface area contributed by atoms with Crippen LogP contribution in [0.25, 0.3) is 0 Å². The molecule has 1 aromatic rings. The number of carbonyl (C=O) groups excluding carboxylic acids is 1. The van der Waals surface area contributed by atoms with E-state index in [1.165, 1.54) is 29.7 Å². The smallest absolute Gasteiger partial charge is 0.323 e. The van der Waals surface area contributed by atoms with E-state index in [-0.39, 0.29) is 23.5 Å². The van der Waals surface area contributed by atoms with Crippen LogP contribution >= 0.6 is 0 Å². The zero-order valence-corrected chi connectivity index (χ0v) is 14.7. The molecule has 4 saturated carbocycles. The summed E-state index contributed by atoms with van der Waals surface area (Å²) in [5, 5.41) is 12.2. The van der Waals surface area contributed by atoms with E-state index in [0.717, 1.165) is 19.3 Å². The van der Waals surface area contributed by atoms with E-state index in [9.17, 15) is 9.59 Å². The van der Waals surface area contributed by atoms with Crippen molar-refractivity contribution in [2.24, 2.45) is 11.8 Å². The third-order valence-electron chi connectivity index (χ3n) is 6.54. The minimum atomic E-state index is -0.982. The summed E-state index contributed by atoms with van der Waals surface area (Å²) < 4.78 is 0. The fourth-order valence-corrected chi connectivity index (χ4v) is 6.14. The molecule has 4 aliphatic carbocycles. The van der Waals surface area contributed by atoms with Gasteiger partial charge in [0.05, 0.1) is 0 Å². The maximum atomic E-state index is 12.6. The molecule has 5 nitrogen and oxygen atoms in total. The van der Waals surface area contributed by atoms with E-state index in [2.05, 4.69) is 35.6 Å². The van der Waals surface area contributed by atoms with Crippen LogP contribution < -0.4 is 5.32 Å². The zero-order valence-electron chi connectivity index (χ0n) is 14.7. The summed E-state index contributed by atoms with van der Waals surface area (Å²) in [6.07, 6.45) is 6.75. The summed E-state index contributed by atoms with van der Waals surface area (Å²) in [6, 6.07) is 10.5. The van der Waals surface area contributed by atoms with Crippen molar-refractivity contribution in [2.75, 3.05) is 13.6 Å². The van der Waals surface area contributed by atoms with Gasteiger partial charge in [-0.2, -0.15) is 0 Å². The Labute approximate surface area is 148 Å². The van der Waals surface area contributed by atoms with Gasteiger partial charge in [-0.3, -0.25) is 4.79 Å². The summed E-state index contributed by atoms with van der Waals surface area (Å²) in [6.45, 7) is -0.265. The van der Waals surface area contributed by atoms with E-state index in [4.69, 9.17) is 5.11 Å². The average molecular weight is 342 g/mol. The fourth-order valence-electron chi connectivity index (χ4n) is 6.14. The van der Waals surface area contributed by atoms with Gasteiger partial charge >= 0.3 is 12.0 Å². The van der Waals surface area contributed by atoms with Gasteiger partial charge in [-0.05, 0) is 61.3 Å². The normalized spacial score (nSPS) is 35.4. The largest absolute Gasteiger partial charge is 0.480 e. The Bertz CT molecular complexity index is 673. The number of rotatable bonds is 4. The second-order valence-corrected chi connectivity index (χ2v) is 8.57. The highest BCUT2D eigenvalue weighted by molar-refractivity contribution is 5.80. The van der Waals surface area contributed by atoms with Crippen LogP contribution in [-0.2, 0) is 10.2 Å². The van der Waals surface area contributed by atoms with Crippen molar-refractivity contribution in [1.82, 2.24) is 10.2 Å². The molecule has 5 heteroatoms. The fraction of sp³-hybridized carbons (Fsp3) is 0.600. The minimum absolute atomic E-state index is 0.171. The lowest BCUT2D eigenvalue weighted by atomic mass is 9.45. The Morgan fingerprint density at radius 1 is 1.16 bits per heavy atom. The van der Waals surface area contributed by atoms with Crippen LogP contribution in [0, 0.1) is 11.8 Å². The maximum Gasteiger partial charge on any atom is 0.323 e. The number of likely N-dealkylation sites (N-methyl/N-ethyl adjacent to an activating group) is 1. The maximum absolute atomic E-state index is 12.6. The Balaban J connectivity index is 1.59. The van der Waals surface area contributed by atoms with Gasteiger partial charge in [0.1, 0.15) is 6.54 Å². The van der Waals surface area contributed by atoms with Gasteiger partial charge in [-0.1, -0.05) is 30.3 Å². The number of carboxylic acid groups (broad SMARTS) is 1. The van der Waals surface area contributed by atoms with Gasteiger partial charge in [-0.25, -0.2) is 4.79 Å². The molecule has 2 amide bonds. The SMILES string of the molecule is CN(CC(=O)O)C(=O)NC12C[C@H]3C[C@@H](C1)CC(c1ccccc1)(C3)C2. The van der Waals surface area contributed by atoms with Crippen molar-refractivity contribution in [3.8, 4) is 0 Å². The van der Waals surface area contributed by atoms with Crippen molar-refractivity contribution in [2.45, 2.75) is 49.5 Å². The molecular formula is C20H26N2O3. The topological polar surface area (TPSA) is 69.6 Å². The van der Waals surface area contributed by atoms with Gasteiger partial charge in [0.25, 0.3) is 0 Å². The van der Waals surface area contributed by atoms with Crippen LogP contribution in [0.4, 0.5) is 4.79 Å². The molecule has 4 bridgehead atoms. The molecule has 2 N–H and O–H groups in total. The van der Waals surface area contributed by atoms with E-state index in [1.54, 1.807) is 7.05 Å². The third-order valence-corrected chi connectivity index (χ3v) is 6.54. The summed E-state index contributed by atoms with van der Waals surface area (Å²) in [4.78, 5) is 24.7. The first-order valence-corrected chi connectivity index (χ1v) is 9.20. The molecular weight excluding hydrogens is 316 g/mol. The Hall–Kier alpha value is -2.04. The monoisotopic (exact) mass is 342 g/mol. The highest BCUT2D eigenvalue weighted by atomic mass is 16.4. The molecule has 0 radical (unpaired) electrons. The number of hydrogen-bond acceptors (Lipinski definition) is 2. The van der Waals surface area contributed by atoms with E-state index >= 15 is 0 Å². The van der Waals surface area contributed by atoms with Crippen LogP contribution in [0.3, 0.4) is 0 Å². The third kappa shape index (κ3) is 2.90. The zero-order chi connectivity index (χ0) is 17.7. The van der Waals surface area contributed by atoms with Gasteiger partial charge < -0.3 is 15.3 Å². The first-order valence-electron chi connectivity index (χ1n) is 9.20. The van der Waals surface area contributed by atoms with Crippen molar-refractivity contribution >= 4 is 12.0 Å². The number of nitrogens with zero attached hydrogens (tertiary/aromatic N) is 1. The van der Waals surface area contributed by atoms with Gasteiger partial charge in [0.15, 0.2) is 0 Å². The second-order valence-electron chi connectivity index (χ2n) is 8.57. The number of urea groups is 1. The molecule has 0 spiro atoms. The Morgan fingerprint density at radius 2 is 1.80 bits per heavy atom. The highest BCUT2D eigenvalue weighted by Gasteiger charge is 2.58. The molecule has 4 aliphatic rings. The standard InChI is InChI=1S/C20H26N2O3/c1-22(12-17(23)24)18(25)21-20-10-14-7-15(11-20)9-19(8-14,13-20)16-5-3-2-4-6-16/h2-6,14-15H,7-13H2,1H3,(H,21,25)(H,23,24)/t14-,15+,19?,20?. The first-order chi connectivity index (χ1) is 11.9. The number of nitrogens with one attached hydrogen (secondary N) is 1. The average Bonchev–Trinajstić information content (AvgIpc) is 2.53. The summed E-state index contributed by atoms with van der Waals surface area (Å²) >= 11 is 0. The van der Waals surface area contributed by atoms with Crippen LogP contribution in [0.1, 0.15) is 44.1 Å². The lowest BCUT2D eigenvalue weighted by molar-refractivity contribution is -0.137. The van der Waals surface area contributed by atoms with Gasteiger partial charge in [0.2, 0.25) is 0 Å². The first kappa shape index (κ1) is 16.4. The van der Waals surface area contributed by atoms with Gasteiger partial charge in [0, 0.05) is 12.6 Å². The van der Waals surface area contributed by atoms with Crippen LogP contribution in [0.5, 0.6) is 0 Å². The number of hydrogen-bond donors (Lipinski definition) is 2. The molecule has 0 heterocycles. The predicted octanol–water partition coefficient (Wildman–Crippen LogP) is 3.00. The van der Waals surface area contributed by atoms with E-state index < -0.39 is 5.97 Å². The number of benzene rings is 1. The molecule has 4 atom stereocenters. The molecule has 134 valence electrons. The molecule has 0 saturated heterocycles. The molecule has 2 unspecified atom stereocenters. The second kappa shape index (κ2) is 5.75. The van der Waals surface area contributed by atoms with Crippen LogP contribution in [-0.4, -0.2) is 41.1 Å². The molecule has 4 fully saturated rings. The summed E-state index contributed by atoms with van der Waals surface area (Å²) in [5.41, 5.74) is 1.40. The van der Waals surface area contributed by atoms with E-state index in [1.807, 2.05) is 0 Å². The molecule has 1 aromatic carbocycles. The van der Waals surface area contributed by atoms with E-state index in [0.29, 0.717) is 11.8 Å². The van der Waals surface area contributed by atoms with Crippen LogP contribution in [0.2, 0.25) is 0 Å². The minimum Gasteiger partial charge on any atom is -0.480 e. The predicted molar refractivity (Wildman–Crippen MR) is 94.3 cm³/mol. The van der Waals surface area contributed by atoms with Gasteiger partial charge in [-0.15, -0.1) is 0 Å². The summed E-state index contributed by atoms with van der Waals surface area (Å²) in [7, 11) is 1.55. The van der Waals surface area contributed by atoms with Crippen LogP contribution in [0.15, 0.2) is 30.3 Å². The molecule has 0 aromatic heterocycles. The van der Waals surface area contributed by atoms with Crippen molar-refractivity contribution < 1.29 is 14.7 Å². The quantitative estimate of drug-likeness (QED) is 0.884. The Morgan fingerprint density at radius 3 is 2.40 bits per heavy atom. The Kier molecular flexibility index (Phi) is 3.78. The molecule has 5 rings (SSSR count). The highest BCUT2D eigenvalue weighted by Crippen LogP contribution is 2.62. The number of carboxylic acids is 1. The lowest BCUT2D eigenvalue weighted by Gasteiger charge is -2.62. The molecule has 25 heavy (non-hydrogen) atoms. The van der Waals surface area contributed by atoms with Crippen molar-refractivity contribution in [1.29, 1.82) is 0 Å². The number of amides is 2. The number of carbonyl (C=O) groups is 2. The van der Waals surface area contributed by atoms with Crippen molar-refractivity contribution in [3.63, 3.8) is 0 Å². The molecule has 0 aliphatic heterocycles. The number of aliphatic carboxylic acids is 1. The summed E-state index contributed by atoms with van der Waals surface area (Å²) in [5.74, 6) is 0.335. The lowest BCUT2D eigenvalue weighted by Crippen LogP contribution is -2.65. The van der Waals surface area contributed by atoms with Crippen molar-refractivity contribution in [3.05, 3.63) is 35.9 Å².